The van der Waals surface area contributed by atoms with E-state index >= 15 is 0 Å². The lowest BCUT2D eigenvalue weighted by Crippen LogP contribution is -2.35. The lowest BCUT2D eigenvalue weighted by molar-refractivity contribution is -0.119. The number of carbonyl (C=O) groups is 1. The molecule has 0 radical (unpaired) electrons. The summed E-state index contributed by atoms with van der Waals surface area (Å²) in [5.41, 5.74) is 0.632. The van der Waals surface area contributed by atoms with E-state index in [2.05, 4.69) is 0 Å². The van der Waals surface area contributed by atoms with Crippen LogP contribution in [-0.2, 0) is 4.79 Å². The van der Waals surface area contributed by atoms with Gasteiger partial charge in [-0.25, -0.2) is 18.6 Å². The minimum Gasteiger partial charge on any atom is -0.274 e. The molecular weight excluding hydrogens is 216 g/mol. The van der Waals surface area contributed by atoms with Crippen molar-refractivity contribution in [3.05, 3.63) is 29.6 Å². The number of nitrogens with one attached hydrogen (secondary N) is 1. The van der Waals surface area contributed by atoms with Gasteiger partial charge in [0.2, 0.25) is 5.91 Å². The van der Waals surface area contributed by atoms with E-state index < -0.39 is 34.3 Å². The average Bonchev–Trinajstić information content (AvgIpc) is 2.13. The second-order valence-electron chi connectivity index (χ2n) is 2.64. The van der Waals surface area contributed by atoms with Crippen LogP contribution in [0.25, 0.3) is 0 Å². The standard InChI is InChI=1S/C8H6F4N2O/c1-4(15)13-14(12)6-3-2-5(9)7(10)8(6)11/h2-3H,1H3,(H,13,15). The molecule has 1 N–H and O–H groups in total. The largest absolute Gasteiger partial charge is 0.274 e. The van der Waals surface area contributed by atoms with E-state index in [-0.39, 0.29) is 0 Å². The Morgan fingerprint density at radius 2 is 1.87 bits per heavy atom. The van der Waals surface area contributed by atoms with Crippen molar-refractivity contribution in [1.29, 1.82) is 0 Å². The Labute approximate surface area is 82.2 Å². The van der Waals surface area contributed by atoms with Crippen LogP contribution in [0, 0.1) is 17.5 Å². The van der Waals surface area contributed by atoms with E-state index in [9.17, 15) is 22.4 Å². The van der Waals surface area contributed by atoms with Crippen LogP contribution in [0.2, 0.25) is 0 Å². The topological polar surface area (TPSA) is 32.3 Å². The smallest absolute Gasteiger partial charge is 0.237 e. The number of anilines is 1. The molecule has 82 valence electrons. The Hall–Kier alpha value is -1.79. The van der Waals surface area contributed by atoms with E-state index in [0.717, 1.165) is 6.92 Å². The number of rotatable bonds is 2. The fourth-order valence-corrected chi connectivity index (χ4v) is 0.866. The molecule has 1 rings (SSSR count). The number of hydrogen-bond donors (Lipinski definition) is 1. The van der Waals surface area contributed by atoms with Gasteiger partial charge in [-0.3, -0.25) is 4.79 Å². The molecule has 0 saturated heterocycles. The molecule has 0 heterocycles. The molecule has 0 aliphatic rings. The number of hydrogen-bond acceptors (Lipinski definition) is 2. The van der Waals surface area contributed by atoms with E-state index in [1.165, 1.54) is 0 Å². The molecule has 0 atom stereocenters. The van der Waals surface area contributed by atoms with Crippen LogP contribution >= 0.6 is 0 Å². The van der Waals surface area contributed by atoms with Crippen molar-refractivity contribution in [2.75, 3.05) is 5.23 Å². The summed E-state index contributed by atoms with van der Waals surface area (Å²) < 4.78 is 50.9. The molecule has 7 heteroatoms. The van der Waals surface area contributed by atoms with E-state index in [1.807, 2.05) is 0 Å². The molecule has 0 unspecified atom stereocenters. The summed E-state index contributed by atoms with van der Waals surface area (Å²) in [7, 11) is 0. The van der Waals surface area contributed by atoms with Gasteiger partial charge in [-0.05, 0) is 12.1 Å². The normalized spacial score (nSPS) is 9.93. The first-order chi connectivity index (χ1) is 6.93. The summed E-state index contributed by atoms with van der Waals surface area (Å²) in [4.78, 5) is 10.4. The number of carbonyl (C=O) groups excluding carboxylic acids is 1. The Kier molecular flexibility index (Phi) is 3.13. The summed E-state index contributed by atoms with van der Waals surface area (Å²) in [6.07, 6.45) is 0. The first-order valence-electron chi connectivity index (χ1n) is 3.80. The Balaban J connectivity index is 3.05. The summed E-state index contributed by atoms with van der Waals surface area (Å²) in [6, 6.07) is 1.20. The summed E-state index contributed by atoms with van der Waals surface area (Å²) in [5.74, 6) is -5.78. The van der Waals surface area contributed by atoms with Crippen molar-refractivity contribution in [3.63, 3.8) is 0 Å². The van der Waals surface area contributed by atoms with E-state index in [4.69, 9.17) is 0 Å². The van der Waals surface area contributed by atoms with Crippen LogP contribution in [0.1, 0.15) is 6.92 Å². The van der Waals surface area contributed by atoms with Crippen molar-refractivity contribution < 1.29 is 22.4 Å². The molecule has 1 aromatic rings. The minimum absolute atomic E-state index is 0.528. The second-order valence-corrected chi connectivity index (χ2v) is 2.64. The molecule has 3 nitrogen and oxygen atoms in total. The van der Waals surface area contributed by atoms with Gasteiger partial charge in [0.25, 0.3) is 0 Å². The molecule has 0 aliphatic carbocycles. The maximum absolute atomic E-state index is 12.9. The number of nitrogens with zero attached hydrogens (tertiary/aromatic N) is 1. The van der Waals surface area contributed by atoms with Crippen LogP contribution in [0.5, 0.6) is 0 Å². The van der Waals surface area contributed by atoms with Gasteiger partial charge in [0.05, 0.1) is 0 Å². The highest BCUT2D eigenvalue weighted by Crippen LogP contribution is 2.22. The summed E-state index contributed by atoms with van der Waals surface area (Å²) in [5, 5.41) is -0.528. The van der Waals surface area contributed by atoms with Crippen molar-refractivity contribution >= 4 is 11.6 Å². The number of amides is 1. The predicted octanol–water partition coefficient (Wildman–Crippen LogP) is 1.85. The number of hydrazine groups is 1. The van der Waals surface area contributed by atoms with Gasteiger partial charge in [-0.15, -0.1) is 5.23 Å². The summed E-state index contributed by atoms with van der Waals surface area (Å²) >= 11 is 0. The zero-order chi connectivity index (χ0) is 11.6. The van der Waals surface area contributed by atoms with Crippen LogP contribution in [0.4, 0.5) is 23.3 Å². The Morgan fingerprint density at radius 1 is 1.27 bits per heavy atom. The van der Waals surface area contributed by atoms with Gasteiger partial charge >= 0.3 is 0 Å². The SMILES string of the molecule is CC(=O)NN(F)c1ccc(F)c(F)c1F. The Morgan fingerprint density at radius 3 is 2.40 bits per heavy atom. The van der Waals surface area contributed by atoms with Crippen LogP contribution < -0.4 is 10.7 Å². The molecule has 0 aromatic heterocycles. The Bertz CT molecular complexity index is 396. The van der Waals surface area contributed by atoms with Crippen LogP contribution in [-0.4, -0.2) is 5.91 Å². The molecule has 0 aliphatic heterocycles. The predicted molar refractivity (Wildman–Crippen MR) is 43.7 cm³/mol. The van der Waals surface area contributed by atoms with Gasteiger partial charge in [0.1, 0.15) is 5.69 Å². The molecule has 1 aromatic carbocycles. The second kappa shape index (κ2) is 4.16. The first kappa shape index (κ1) is 11.3. The number of benzene rings is 1. The van der Waals surface area contributed by atoms with Crippen molar-refractivity contribution in [2.24, 2.45) is 0 Å². The van der Waals surface area contributed by atoms with E-state index in [1.54, 1.807) is 5.43 Å². The molecule has 0 bridgehead atoms. The number of halogens is 4. The average molecular weight is 222 g/mol. The zero-order valence-electron chi connectivity index (χ0n) is 7.52. The van der Waals surface area contributed by atoms with Gasteiger partial charge in [-0.1, -0.05) is 4.48 Å². The molecule has 0 fully saturated rings. The monoisotopic (exact) mass is 222 g/mol. The van der Waals surface area contributed by atoms with Crippen molar-refractivity contribution in [3.8, 4) is 0 Å². The molecule has 0 saturated carbocycles. The van der Waals surface area contributed by atoms with Crippen molar-refractivity contribution in [1.82, 2.24) is 5.43 Å². The maximum Gasteiger partial charge on any atom is 0.237 e. The highest BCUT2D eigenvalue weighted by Gasteiger charge is 2.18. The maximum atomic E-state index is 12.9. The highest BCUT2D eigenvalue weighted by molar-refractivity contribution is 5.74. The van der Waals surface area contributed by atoms with Crippen molar-refractivity contribution in [2.45, 2.75) is 6.92 Å². The third-order valence-electron chi connectivity index (χ3n) is 1.48. The highest BCUT2D eigenvalue weighted by atomic mass is 19.2. The van der Waals surface area contributed by atoms with Gasteiger partial charge in [0, 0.05) is 6.92 Å². The van der Waals surface area contributed by atoms with Crippen LogP contribution in [0.3, 0.4) is 0 Å². The zero-order valence-corrected chi connectivity index (χ0v) is 7.52. The fraction of sp³-hybridized carbons (Fsp3) is 0.125. The lowest BCUT2D eigenvalue weighted by Gasteiger charge is -2.14. The van der Waals surface area contributed by atoms with Gasteiger partial charge in [0.15, 0.2) is 17.5 Å². The fourth-order valence-electron chi connectivity index (χ4n) is 0.866. The third-order valence-corrected chi connectivity index (χ3v) is 1.48. The quantitative estimate of drug-likeness (QED) is 0.358. The molecular formula is C8H6F4N2O. The third kappa shape index (κ3) is 2.36. The molecule has 15 heavy (non-hydrogen) atoms. The van der Waals surface area contributed by atoms with Gasteiger partial charge < -0.3 is 0 Å². The lowest BCUT2D eigenvalue weighted by atomic mass is 10.3. The van der Waals surface area contributed by atoms with E-state index in [0.29, 0.717) is 12.1 Å². The molecule has 0 spiro atoms. The molecule has 1 amide bonds. The minimum atomic E-state index is -1.81. The van der Waals surface area contributed by atoms with Crippen LogP contribution in [0.15, 0.2) is 12.1 Å². The first-order valence-corrected chi connectivity index (χ1v) is 3.80. The summed E-state index contributed by atoms with van der Waals surface area (Å²) in [6.45, 7) is 0.977. The van der Waals surface area contributed by atoms with Gasteiger partial charge in [-0.2, -0.15) is 0 Å².